The molecule has 1 heterocycles. The minimum atomic E-state index is -0.379. The van der Waals surface area contributed by atoms with Gasteiger partial charge in [0.1, 0.15) is 16.3 Å². The maximum absolute atomic E-state index is 13.0. The van der Waals surface area contributed by atoms with Crippen molar-refractivity contribution in [3.05, 3.63) is 43.8 Å². The first kappa shape index (κ1) is 13.6. The van der Waals surface area contributed by atoms with Crippen LogP contribution in [-0.2, 0) is 6.42 Å². The quantitative estimate of drug-likeness (QED) is 0.781. The zero-order valence-electron chi connectivity index (χ0n) is 9.43. The third-order valence-corrected chi connectivity index (χ3v) is 4.20. The lowest BCUT2D eigenvalue weighted by Gasteiger charge is -2.08. The molecule has 0 fully saturated rings. The van der Waals surface area contributed by atoms with Crippen LogP contribution in [0.2, 0.25) is 5.02 Å². The molecule has 2 rings (SSSR count). The Morgan fingerprint density at radius 2 is 2.22 bits per heavy atom. The molecular formula is C12H9BrClFN2S. The van der Waals surface area contributed by atoms with Gasteiger partial charge < -0.3 is 4.98 Å². The van der Waals surface area contributed by atoms with Crippen LogP contribution in [0.25, 0.3) is 11.4 Å². The lowest BCUT2D eigenvalue weighted by Crippen LogP contribution is -1.98. The van der Waals surface area contributed by atoms with Crippen molar-refractivity contribution in [1.29, 1.82) is 0 Å². The number of aryl methyl sites for hydroxylation is 1. The Hall–Kier alpha value is -0.780. The molecule has 0 saturated carbocycles. The standard InChI is InChI=1S/C12H9BrClFN2S/c1-2-9-10(13)12(18)17-11(16-9)7-4-3-6(15)5-8(7)14/h3-5H,2H2,1H3,(H,16,17,18). The van der Waals surface area contributed by atoms with Gasteiger partial charge in [0.15, 0.2) is 0 Å². The molecule has 0 unspecified atom stereocenters. The van der Waals surface area contributed by atoms with Crippen molar-refractivity contribution in [3.63, 3.8) is 0 Å². The first-order valence-electron chi connectivity index (χ1n) is 5.27. The molecule has 0 saturated heterocycles. The summed E-state index contributed by atoms with van der Waals surface area (Å²) >= 11 is 14.6. The van der Waals surface area contributed by atoms with Crippen molar-refractivity contribution in [2.24, 2.45) is 0 Å². The van der Waals surface area contributed by atoms with Crippen LogP contribution in [0.1, 0.15) is 12.6 Å². The highest BCUT2D eigenvalue weighted by Gasteiger charge is 2.10. The second-order valence-corrected chi connectivity index (χ2v) is 5.25. The highest BCUT2D eigenvalue weighted by atomic mass is 79.9. The lowest BCUT2D eigenvalue weighted by atomic mass is 10.2. The predicted molar refractivity (Wildman–Crippen MR) is 76.9 cm³/mol. The molecule has 0 aliphatic heterocycles. The molecule has 0 atom stereocenters. The van der Waals surface area contributed by atoms with Gasteiger partial charge >= 0.3 is 0 Å². The van der Waals surface area contributed by atoms with Gasteiger partial charge in [-0.05, 0) is 40.5 Å². The van der Waals surface area contributed by atoms with Crippen molar-refractivity contribution in [2.75, 3.05) is 0 Å². The SMILES string of the molecule is CCc1[nH]c(-c2ccc(F)cc2Cl)nc(=S)c1Br. The van der Waals surface area contributed by atoms with Crippen molar-refractivity contribution in [2.45, 2.75) is 13.3 Å². The molecular weight excluding hydrogens is 339 g/mol. The molecule has 2 nitrogen and oxygen atoms in total. The van der Waals surface area contributed by atoms with E-state index in [0.29, 0.717) is 21.1 Å². The molecule has 0 aliphatic rings. The number of hydrogen-bond acceptors (Lipinski definition) is 2. The van der Waals surface area contributed by atoms with Crippen molar-refractivity contribution >= 4 is 39.7 Å². The summed E-state index contributed by atoms with van der Waals surface area (Å²) in [5.74, 6) is 0.167. The van der Waals surface area contributed by atoms with E-state index >= 15 is 0 Å². The van der Waals surface area contributed by atoms with Gasteiger partial charge in [-0.1, -0.05) is 30.7 Å². The lowest BCUT2D eigenvalue weighted by molar-refractivity contribution is 0.628. The van der Waals surface area contributed by atoms with Crippen LogP contribution in [0, 0.1) is 10.5 Å². The van der Waals surface area contributed by atoms with E-state index in [0.717, 1.165) is 16.6 Å². The van der Waals surface area contributed by atoms with E-state index in [9.17, 15) is 4.39 Å². The number of benzene rings is 1. The Bertz CT molecular complexity index is 657. The maximum atomic E-state index is 13.0. The number of nitrogens with one attached hydrogen (secondary N) is 1. The fraction of sp³-hybridized carbons (Fsp3) is 0.167. The van der Waals surface area contributed by atoms with Gasteiger partial charge in [0.2, 0.25) is 0 Å². The summed E-state index contributed by atoms with van der Waals surface area (Å²) < 4.78 is 14.2. The Balaban J connectivity index is 2.64. The summed E-state index contributed by atoms with van der Waals surface area (Å²) in [6.07, 6.45) is 0.776. The van der Waals surface area contributed by atoms with Gasteiger partial charge in [0.25, 0.3) is 0 Å². The molecule has 0 bridgehead atoms. The number of H-pyrrole nitrogens is 1. The zero-order valence-corrected chi connectivity index (χ0v) is 12.6. The molecule has 1 N–H and O–H groups in total. The fourth-order valence-electron chi connectivity index (χ4n) is 1.56. The van der Waals surface area contributed by atoms with Gasteiger partial charge in [0.05, 0.1) is 9.50 Å². The van der Waals surface area contributed by atoms with E-state index in [4.69, 9.17) is 23.8 Å². The number of rotatable bonds is 2. The molecule has 2 aromatic rings. The second-order valence-electron chi connectivity index (χ2n) is 3.66. The number of aromatic nitrogens is 2. The Labute approximate surface area is 122 Å². The summed E-state index contributed by atoms with van der Waals surface area (Å²) in [5, 5.41) is 0.303. The van der Waals surface area contributed by atoms with Gasteiger partial charge in [-0.15, -0.1) is 0 Å². The van der Waals surface area contributed by atoms with Gasteiger partial charge in [-0.2, -0.15) is 0 Å². The number of halogens is 3. The molecule has 94 valence electrons. The average molecular weight is 348 g/mol. The Morgan fingerprint density at radius 3 is 2.83 bits per heavy atom. The average Bonchev–Trinajstić information content (AvgIpc) is 2.32. The zero-order chi connectivity index (χ0) is 13.3. The first-order valence-corrected chi connectivity index (χ1v) is 6.85. The van der Waals surface area contributed by atoms with E-state index in [2.05, 4.69) is 25.9 Å². The predicted octanol–water partition coefficient (Wildman–Crippen LogP) is 4.92. The topological polar surface area (TPSA) is 28.7 Å². The molecule has 0 radical (unpaired) electrons. The van der Waals surface area contributed by atoms with Crippen LogP contribution < -0.4 is 0 Å². The summed E-state index contributed by atoms with van der Waals surface area (Å²) in [7, 11) is 0. The normalized spacial score (nSPS) is 10.7. The van der Waals surface area contributed by atoms with E-state index in [-0.39, 0.29) is 5.82 Å². The minimum Gasteiger partial charge on any atom is -0.342 e. The highest BCUT2D eigenvalue weighted by molar-refractivity contribution is 9.10. The highest BCUT2D eigenvalue weighted by Crippen LogP contribution is 2.27. The minimum absolute atomic E-state index is 0.303. The Kier molecular flexibility index (Phi) is 4.14. The monoisotopic (exact) mass is 346 g/mol. The molecule has 6 heteroatoms. The van der Waals surface area contributed by atoms with Crippen molar-refractivity contribution in [3.8, 4) is 11.4 Å². The van der Waals surface area contributed by atoms with Crippen LogP contribution in [0.4, 0.5) is 4.39 Å². The third kappa shape index (κ3) is 2.63. The maximum Gasteiger partial charge on any atom is 0.144 e. The molecule has 1 aromatic heterocycles. The van der Waals surface area contributed by atoms with Crippen LogP contribution in [0.5, 0.6) is 0 Å². The van der Waals surface area contributed by atoms with Gasteiger partial charge in [-0.3, -0.25) is 0 Å². The molecule has 0 aliphatic carbocycles. The van der Waals surface area contributed by atoms with Gasteiger partial charge in [0, 0.05) is 11.3 Å². The number of nitrogens with zero attached hydrogens (tertiary/aromatic N) is 1. The van der Waals surface area contributed by atoms with Crippen LogP contribution in [0.3, 0.4) is 0 Å². The molecule has 0 spiro atoms. The summed E-state index contributed by atoms with van der Waals surface area (Å²) in [5.41, 5.74) is 1.57. The number of aromatic amines is 1. The van der Waals surface area contributed by atoms with E-state index < -0.39 is 0 Å². The Morgan fingerprint density at radius 1 is 1.50 bits per heavy atom. The second kappa shape index (κ2) is 5.47. The number of hydrogen-bond donors (Lipinski definition) is 1. The fourth-order valence-corrected chi connectivity index (χ4v) is 2.50. The van der Waals surface area contributed by atoms with Crippen molar-refractivity contribution < 1.29 is 4.39 Å². The van der Waals surface area contributed by atoms with Crippen LogP contribution in [0.15, 0.2) is 22.7 Å². The van der Waals surface area contributed by atoms with Gasteiger partial charge in [-0.25, -0.2) is 9.37 Å². The summed E-state index contributed by atoms with van der Waals surface area (Å²) in [4.78, 5) is 7.40. The smallest absolute Gasteiger partial charge is 0.144 e. The largest absolute Gasteiger partial charge is 0.342 e. The van der Waals surface area contributed by atoms with Crippen molar-refractivity contribution in [1.82, 2.24) is 9.97 Å². The third-order valence-electron chi connectivity index (χ3n) is 2.48. The first-order chi connectivity index (χ1) is 8.52. The molecule has 18 heavy (non-hydrogen) atoms. The van der Waals surface area contributed by atoms with E-state index in [1.165, 1.54) is 12.1 Å². The summed E-state index contributed by atoms with van der Waals surface area (Å²) in [6.45, 7) is 2.00. The van der Waals surface area contributed by atoms with Crippen LogP contribution >= 0.6 is 39.7 Å². The molecule has 0 amide bonds. The van der Waals surface area contributed by atoms with Crippen LogP contribution in [-0.4, -0.2) is 9.97 Å². The van der Waals surface area contributed by atoms with E-state index in [1.54, 1.807) is 6.07 Å². The summed E-state index contributed by atoms with van der Waals surface area (Å²) in [6, 6.07) is 4.18. The van der Waals surface area contributed by atoms with E-state index in [1.807, 2.05) is 6.92 Å². The molecule has 1 aromatic carbocycles.